The Hall–Kier alpha value is -1.71. The highest BCUT2D eigenvalue weighted by molar-refractivity contribution is 5.92. The molecule has 0 bridgehead atoms. The van der Waals surface area contributed by atoms with E-state index in [1.54, 1.807) is 25.1 Å². The molecule has 3 N–H and O–H groups in total. The molecule has 0 atom stereocenters. The molecule has 1 fully saturated rings. The van der Waals surface area contributed by atoms with Crippen LogP contribution in [0.1, 0.15) is 49.4 Å². The van der Waals surface area contributed by atoms with E-state index in [2.05, 4.69) is 5.32 Å². The Morgan fingerprint density at radius 2 is 2.11 bits per heavy atom. The van der Waals surface area contributed by atoms with Crippen molar-refractivity contribution >= 4 is 17.3 Å². The van der Waals surface area contributed by atoms with E-state index in [4.69, 9.17) is 10.5 Å². The fraction of sp³-hybridized carbons (Fsp3) is 0.533. The van der Waals surface area contributed by atoms with Gasteiger partial charge < -0.3 is 15.8 Å². The van der Waals surface area contributed by atoms with E-state index in [-0.39, 0.29) is 5.97 Å². The smallest absolute Gasteiger partial charge is 0.338 e. The van der Waals surface area contributed by atoms with Crippen molar-refractivity contribution in [1.82, 2.24) is 0 Å². The van der Waals surface area contributed by atoms with Crippen LogP contribution < -0.4 is 11.1 Å². The van der Waals surface area contributed by atoms with Crippen molar-refractivity contribution in [2.45, 2.75) is 45.1 Å². The summed E-state index contributed by atoms with van der Waals surface area (Å²) in [6, 6.07) is 5.73. The number of carbonyl (C=O) groups is 1. The summed E-state index contributed by atoms with van der Waals surface area (Å²) in [7, 11) is 0. The molecule has 0 aromatic heterocycles. The minimum Gasteiger partial charge on any atom is -0.462 e. The maximum atomic E-state index is 11.7. The summed E-state index contributed by atoms with van der Waals surface area (Å²) >= 11 is 0. The van der Waals surface area contributed by atoms with Gasteiger partial charge in [0.2, 0.25) is 0 Å². The third-order valence-electron chi connectivity index (χ3n) is 3.53. The second kappa shape index (κ2) is 6.45. The predicted octanol–water partition coefficient (Wildman–Crippen LogP) is 3.19. The zero-order chi connectivity index (χ0) is 13.7. The summed E-state index contributed by atoms with van der Waals surface area (Å²) in [4.78, 5) is 11.7. The van der Waals surface area contributed by atoms with Crippen molar-refractivity contribution in [1.29, 1.82) is 0 Å². The summed E-state index contributed by atoms with van der Waals surface area (Å²) in [6.07, 6.45) is 6.17. The Balaban J connectivity index is 2.10. The average Bonchev–Trinajstić information content (AvgIpc) is 2.42. The van der Waals surface area contributed by atoms with Gasteiger partial charge in [-0.05, 0) is 38.0 Å². The van der Waals surface area contributed by atoms with Crippen molar-refractivity contribution in [2.24, 2.45) is 0 Å². The molecular formula is C15H22N2O2. The Bertz CT molecular complexity index is 440. The quantitative estimate of drug-likeness (QED) is 0.646. The molecule has 0 amide bonds. The van der Waals surface area contributed by atoms with Crippen LogP contribution in [0.5, 0.6) is 0 Å². The van der Waals surface area contributed by atoms with E-state index in [1.807, 2.05) is 0 Å². The molecule has 1 aliphatic rings. The van der Waals surface area contributed by atoms with Crippen LogP contribution in [-0.2, 0) is 4.74 Å². The lowest BCUT2D eigenvalue weighted by Gasteiger charge is -2.24. The van der Waals surface area contributed by atoms with Gasteiger partial charge in [-0.15, -0.1) is 0 Å². The number of nitrogen functional groups attached to an aromatic ring is 1. The predicted molar refractivity (Wildman–Crippen MR) is 77.3 cm³/mol. The van der Waals surface area contributed by atoms with E-state index in [0.29, 0.717) is 23.9 Å². The third-order valence-corrected chi connectivity index (χ3v) is 3.53. The molecule has 1 aromatic carbocycles. The molecular weight excluding hydrogens is 240 g/mol. The first kappa shape index (κ1) is 13.7. The van der Waals surface area contributed by atoms with E-state index in [0.717, 1.165) is 5.69 Å². The van der Waals surface area contributed by atoms with Gasteiger partial charge in [0.25, 0.3) is 0 Å². The number of rotatable bonds is 4. The normalized spacial score (nSPS) is 16.1. The lowest BCUT2D eigenvalue weighted by Crippen LogP contribution is -2.23. The average molecular weight is 262 g/mol. The molecule has 2 rings (SSSR count). The topological polar surface area (TPSA) is 64.3 Å². The summed E-state index contributed by atoms with van der Waals surface area (Å²) in [5.41, 5.74) is 8.04. The van der Waals surface area contributed by atoms with Crippen LogP contribution in [0.2, 0.25) is 0 Å². The monoisotopic (exact) mass is 262 g/mol. The molecule has 4 nitrogen and oxygen atoms in total. The molecule has 0 unspecified atom stereocenters. The van der Waals surface area contributed by atoms with Crippen LogP contribution in [0.25, 0.3) is 0 Å². The van der Waals surface area contributed by atoms with Gasteiger partial charge in [0, 0.05) is 6.04 Å². The van der Waals surface area contributed by atoms with Crippen molar-refractivity contribution in [2.75, 3.05) is 17.7 Å². The van der Waals surface area contributed by atoms with Crippen LogP contribution in [0, 0.1) is 0 Å². The SMILES string of the molecule is CCOC(=O)c1ccc(N)c(NC2CCCCC2)c1. The maximum absolute atomic E-state index is 11.7. The van der Waals surface area contributed by atoms with Crippen LogP contribution in [0.3, 0.4) is 0 Å². The molecule has 0 spiro atoms. The van der Waals surface area contributed by atoms with Crippen LogP contribution in [0.4, 0.5) is 11.4 Å². The first-order valence-electron chi connectivity index (χ1n) is 7.04. The lowest BCUT2D eigenvalue weighted by atomic mass is 9.95. The highest BCUT2D eigenvalue weighted by Crippen LogP contribution is 2.26. The van der Waals surface area contributed by atoms with Gasteiger partial charge in [0.05, 0.1) is 23.5 Å². The Morgan fingerprint density at radius 1 is 1.37 bits per heavy atom. The van der Waals surface area contributed by atoms with Crippen LogP contribution >= 0.6 is 0 Å². The Morgan fingerprint density at radius 3 is 2.79 bits per heavy atom. The molecule has 1 aliphatic carbocycles. The number of hydrogen-bond acceptors (Lipinski definition) is 4. The first-order chi connectivity index (χ1) is 9.20. The first-order valence-corrected chi connectivity index (χ1v) is 7.04. The van der Waals surface area contributed by atoms with Crippen molar-refractivity contribution < 1.29 is 9.53 Å². The standard InChI is InChI=1S/C15H22N2O2/c1-2-19-15(18)11-8-9-13(16)14(10-11)17-12-6-4-3-5-7-12/h8-10,12,17H,2-7,16H2,1H3. The van der Waals surface area contributed by atoms with Gasteiger partial charge in [-0.2, -0.15) is 0 Å². The molecule has 0 radical (unpaired) electrons. The number of esters is 1. The number of hydrogen-bond donors (Lipinski definition) is 2. The fourth-order valence-corrected chi connectivity index (χ4v) is 2.49. The second-order valence-electron chi connectivity index (χ2n) is 5.00. The van der Waals surface area contributed by atoms with Gasteiger partial charge >= 0.3 is 5.97 Å². The molecule has 0 saturated heterocycles. The number of nitrogens with one attached hydrogen (secondary N) is 1. The Labute approximate surface area is 114 Å². The van der Waals surface area contributed by atoms with Crippen LogP contribution in [0.15, 0.2) is 18.2 Å². The van der Waals surface area contributed by atoms with Crippen LogP contribution in [-0.4, -0.2) is 18.6 Å². The van der Waals surface area contributed by atoms with Gasteiger partial charge in [0.1, 0.15) is 0 Å². The van der Waals surface area contributed by atoms with Crippen molar-refractivity contribution in [3.8, 4) is 0 Å². The van der Waals surface area contributed by atoms with E-state index < -0.39 is 0 Å². The molecule has 104 valence electrons. The van der Waals surface area contributed by atoms with Gasteiger partial charge in [-0.1, -0.05) is 19.3 Å². The number of benzene rings is 1. The molecule has 19 heavy (non-hydrogen) atoms. The number of ether oxygens (including phenoxy) is 1. The summed E-state index contributed by atoms with van der Waals surface area (Å²) in [5, 5.41) is 3.45. The van der Waals surface area contributed by atoms with Crippen molar-refractivity contribution in [3.05, 3.63) is 23.8 Å². The largest absolute Gasteiger partial charge is 0.462 e. The third kappa shape index (κ3) is 3.63. The minimum atomic E-state index is -0.297. The highest BCUT2D eigenvalue weighted by atomic mass is 16.5. The summed E-state index contributed by atoms with van der Waals surface area (Å²) in [5.74, 6) is -0.297. The zero-order valence-corrected chi connectivity index (χ0v) is 11.4. The maximum Gasteiger partial charge on any atom is 0.338 e. The molecule has 0 heterocycles. The fourth-order valence-electron chi connectivity index (χ4n) is 2.49. The zero-order valence-electron chi connectivity index (χ0n) is 11.4. The number of nitrogens with two attached hydrogens (primary N) is 1. The molecule has 1 saturated carbocycles. The number of anilines is 2. The van der Waals surface area contributed by atoms with Gasteiger partial charge in [0.15, 0.2) is 0 Å². The second-order valence-corrected chi connectivity index (χ2v) is 5.00. The van der Waals surface area contributed by atoms with Crippen molar-refractivity contribution in [3.63, 3.8) is 0 Å². The molecule has 4 heteroatoms. The van der Waals surface area contributed by atoms with E-state index in [9.17, 15) is 4.79 Å². The molecule has 0 aliphatic heterocycles. The van der Waals surface area contributed by atoms with E-state index >= 15 is 0 Å². The lowest BCUT2D eigenvalue weighted by molar-refractivity contribution is 0.0526. The number of carbonyl (C=O) groups excluding carboxylic acids is 1. The minimum absolute atomic E-state index is 0.297. The van der Waals surface area contributed by atoms with Gasteiger partial charge in [-0.3, -0.25) is 0 Å². The highest BCUT2D eigenvalue weighted by Gasteiger charge is 2.15. The van der Waals surface area contributed by atoms with E-state index in [1.165, 1.54) is 32.1 Å². The summed E-state index contributed by atoms with van der Waals surface area (Å²) in [6.45, 7) is 2.19. The summed E-state index contributed by atoms with van der Waals surface area (Å²) < 4.78 is 5.01. The van der Waals surface area contributed by atoms with Gasteiger partial charge in [-0.25, -0.2) is 4.79 Å². The molecule has 1 aromatic rings. The Kier molecular flexibility index (Phi) is 4.66.